The molecule has 0 aliphatic heterocycles. The molecule has 1 fully saturated rings. The highest BCUT2D eigenvalue weighted by molar-refractivity contribution is 5.87. The summed E-state index contributed by atoms with van der Waals surface area (Å²) in [7, 11) is 1.83. The van der Waals surface area contributed by atoms with Crippen molar-refractivity contribution in [3.05, 3.63) is 6.20 Å². The van der Waals surface area contributed by atoms with Crippen molar-refractivity contribution in [3.8, 4) is 0 Å². The normalized spacial score (nSPS) is 15.2. The largest absolute Gasteiger partial charge is 0.357 e. The van der Waals surface area contributed by atoms with Gasteiger partial charge in [-0.25, -0.2) is 0 Å². The van der Waals surface area contributed by atoms with E-state index in [2.05, 4.69) is 37.3 Å². The first-order chi connectivity index (χ1) is 8.33. The Labute approximate surface area is 99.4 Å². The van der Waals surface area contributed by atoms with E-state index in [1.165, 1.54) is 12.8 Å². The Morgan fingerprint density at radius 1 is 1.47 bits per heavy atom. The molecule has 2 N–H and O–H groups in total. The van der Waals surface area contributed by atoms with Gasteiger partial charge in [0, 0.05) is 19.6 Å². The molecule has 2 aromatic rings. The van der Waals surface area contributed by atoms with Gasteiger partial charge in [0.25, 0.3) is 0 Å². The van der Waals surface area contributed by atoms with E-state index in [1.807, 2.05) is 7.05 Å². The molecule has 17 heavy (non-hydrogen) atoms. The van der Waals surface area contributed by atoms with Crippen LogP contribution in [0.15, 0.2) is 6.20 Å². The molecule has 3 rings (SSSR count). The van der Waals surface area contributed by atoms with Crippen molar-refractivity contribution >= 4 is 22.8 Å². The second kappa shape index (κ2) is 3.87. The zero-order valence-corrected chi connectivity index (χ0v) is 10.1. The Kier molecular flexibility index (Phi) is 2.35. The summed E-state index contributed by atoms with van der Waals surface area (Å²) < 4.78 is 0. The molecule has 0 atom stereocenters. The number of fused-ring (bicyclic) bond motifs is 1. The molecule has 1 saturated carbocycles. The molecular formula is C11H16N6. The minimum absolute atomic E-state index is 0.635. The lowest BCUT2D eigenvalue weighted by molar-refractivity contribution is 0.812. The fourth-order valence-corrected chi connectivity index (χ4v) is 2.12. The van der Waals surface area contributed by atoms with Crippen LogP contribution in [-0.2, 0) is 0 Å². The van der Waals surface area contributed by atoms with Gasteiger partial charge in [-0.2, -0.15) is 15.1 Å². The van der Waals surface area contributed by atoms with Gasteiger partial charge < -0.3 is 10.2 Å². The summed E-state index contributed by atoms with van der Waals surface area (Å²) in [6, 6.07) is 0.637. The second-order valence-corrected chi connectivity index (χ2v) is 4.27. The second-order valence-electron chi connectivity index (χ2n) is 4.27. The predicted octanol–water partition coefficient (Wildman–Crippen LogP) is 1.38. The lowest BCUT2D eigenvalue weighted by Crippen LogP contribution is -2.26. The Morgan fingerprint density at radius 2 is 2.29 bits per heavy atom. The molecule has 90 valence electrons. The highest BCUT2D eigenvalue weighted by Gasteiger charge is 2.30. The summed E-state index contributed by atoms with van der Waals surface area (Å²) in [6.07, 6.45) is 4.31. The molecule has 1 aliphatic rings. The topological polar surface area (TPSA) is 69.7 Å². The van der Waals surface area contributed by atoms with Crippen LogP contribution in [0.2, 0.25) is 0 Å². The molecule has 0 spiro atoms. The van der Waals surface area contributed by atoms with Crippen LogP contribution in [0.25, 0.3) is 11.0 Å². The summed E-state index contributed by atoms with van der Waals surface area (Å²) in [5.41, 5.74) is 0.790. The number of nitrogens with zero attached hydrogens (tertiary/aromatic N) is 4. The maximum atomic E-state index is 4.57. The van der Waals surface area contributed by atoms with Gasteiger partial charge in [-0.05, 0) is 19.8 Å². The van der Waals surface area contributed by atoms with E-state index in [0.29, 0.717) is 12.0 Å². The Hall–Kier alpha value is -1.85. The third-order valence-electron chi connectivity index (χ3n) is 3.11. The van der Waals surface area contributed by atoms with Crippen molar-refractivity contribution in [2.75, 3.05) is 23.8 Å². The van der Waals surface area contributed by atoms with E-state index in [9.17, 15) is 0 Å². The molecule has 0 bridgehead atoms. The fraction of sp³-hybridized carbons (Fsp3) is 0.545. The van der Waals surface area contributed by atoms with Crippen molar-refractivity contribution in [1.82, 2.24) is 20.2 Å². The maximum absolute atomic E-state index is 4.57. The van der Waals surface area contributed by atoms with Gasteiger partial charge in [0.1, 0.15) is 5.82 Å². The molecule has 2 heterocycles. The summed E-state index contributed by atoms with van der Waals surface area (Å²) in [5.74, 6) is 1.62. The Bertz CT molecular complexity index is 530. The van der Waals surface area contributed by atoms with Crippen LogP contribution in [0.1, 0.15) is 19.8 Å². The minimum Gasteiger partial charge on any atom is -0.357 e. The first kappa shape index (κ1) is 10.3. The van der Waals surface area contributed by atoms with Crippen molar-refractivity contribution < 1.29 is 0 Å². The highest BCUT2D eigenvalue weighted by atomic mass is 15.3. The monoisotopic (exact) mass is 232 g/mol. The number of H-pyrrole nitrogens is 1. The Morgan fingerprint density at radius 3 is 2.94 bits per heavy atom. The highest BCUT2D eigenvalue weighted by Crippen LogP contribution is 2.33. The van der Waals surface area contributed by atoms with E-state index in [0.717, 1.165) is 23.4 Å². The maximum Gasteiger partial charge on any atom is 0.226 e. The minimum atomic E-state index is 0.635. The van der Waals surface area contributed by atoms with Crippen molar-refractivity contribution in [3.63, 3.8) is 0 Å². The van der Waals surface area contributed by atoms with Gasteiger partial charge >= 0.3 is 0 Å². The standard InChI is InChI=1S/C11H16N6/c1-3-17(7-4-5-7)10-8-6-13-16-9(8)14-11(12-2)15-10/h6-7H,3-5H2,1-2H3,(H2,12,13,14,15,16). The van der Waals surface area contributed by atoms with Gasteiger partial charge in [0.15, 0.2) is 5.65 Å². The number of hydrogen-bond acceptors (Lipinski definition) is 5. The van der Waals surface area contributed by atoms with E-state index >= 15 is 0 Å². The van der Waals surface area contributed by atoms with E-state index < -0.39 is 0 Å². The van der Waals surface area contributed by atoms with Crippen LogP contribution < -0.4 is 10.2 Å². The zero-order valence-electron chi connectivity index (χ0n) is 10.1. The lowest BCUT2D eigenvalue weighted by Gasteiger charge is -2.22. The van der Waals surface area contributed by atoms with Crippen molar-refractivity contribution in [2.24, 2.45) is 0 Å². The van der Waals surface area contributed by atoms with Gasteiger partial charge in [-0.3, -0.25) is 5.10 Å². The number of aromatic nitrogens is 4. The molecule has 0 radical (unpaired) electrons. The van der Waals surface area contributed by atoms with Crippen molar-refractivity contribution in [2.45, 2.75) is 25.8 Å². The first-order valence-corrected chi connectivity index (χ1v) is 5.99. The lowest BCUT2D eigenvalue weighted by atomic mass is 10.3. The molecule has 2 aromatic heterocycles. The van der Waals surface area contributed by atoms with Gasteiger partial charge in [-0.1, -0.05) is 0 Å². The van der Waals surface area contributed by atoms with Crippen LogP contribution >= 0.6 is 0 Å². The molecule has 1 aliphatic carbocycles. The average molecular weight is 232 g/mol. The summed E-state index contributed by atoms with van der Waals surface area (Å²) in [4.78, 5) is 11.2. The molecule has 0 aromatic carbocycles. The molecule has 6 nitrogen and oxygen atoms in total. The van der Waals surface area contributed by atoms with Gasteiger partial charge in [0.05, 0.1) is 11.6 Å². The van der Waals surface area contributed by atoms with Crippen molar-refractivity contribution in [1.29, 1.82) is 0 Å². The third-order valence-corrected chi connectivity index (χ3v) is 3.11. The molecule has 0 amide bonds. The van der Waals surface area contributed by atoms with Crippen LogP contribution in [0.3, 0.4) is 0 Å². The zero-order chi connectivity index (χ0) is 11.8. The predicted molar refractivity (Wildman–Crippen MR) is 67.3 cm³/mol. The quantitative estimate of drug-likeness (QED) is 0.833. The SMILES string of the molecule is CCN(c1nc(NC)nc2[nH]ncc12)C1CC1. The first-order valence-electron chi connectivity index (χ1n) is 5.99. The van der Waals surface area contributed by atoms with Gasteiger partial charge in [-0.15, -0.1) is 0 Å². The molecular weight excluding hydrogens is 216 g/mol. The Balaban J connectivity index is 2.14. The number of nitrogens with one attached hydrogen (secondary N) is 2. The average Bonchev–Trinajstić information content (AvgIpc) is 3.07. The van der Waals surface area contributed by atoms with Crippen LogP contribution in [0, 0.1) is 0 Å². The van der Waals surface area contributed by atoms with Crippen LogP contribution in [0.5, 0.6) is 0 Å². The van der Waals surface area contributed by atoms with E-state index in [1.54, 1.807) is 6.20 Å². The number of anilines is 2. The van der Waals surface area contributed by atoms with Crippen LogP contribution in [-0.4, -0.2) is 39.8 Å². The summed E-state index contributed by atoms with van der Waals surface area (Å²) in [5, 5.41) is 10.9. The van der Waals surface area contributed by atoms with E-state index in [-0.39, 0.29) is 0 Å². The van der Waals surface area contributed by atoms with Gasteiger partial charge in [0.2, 0.25) is 5.95 Å². The summed E-state index contributed by atoms with van der Waals surface area (Å²) >= 11 is 0. The number of rotatable bonds is 4. The fourth-order valence-electron chi connectivity index (χ4n) is 2.12. The molecule has 0 unspecified atom stereocenters. The van der Waals surface area contributed by atoms with E-state index in [4.69, 9.17) is 0 Å². The number of aromatic amines is 1. The third kappa shape index (κ3) is 1.69. The smallest absolute Gasteiger partial charge is 0.226 e. The molecule has 6 heteroatoms. The van der Waals surface area contributed by atoms with Crippen LogP contribution in [0.4, 0.5) is 11.8 Å². The summed E-state index contributed by atoms with van der Waals surface area (Å²) in [6.45, 7) is 3.12. The molecule has 0 saturated heterocycles. The number of hydrogen-bond donors (Lipinski definition) is 2.